The maximum Gasteiger partial charge on any atom is 0.280 e. The second-order valence-electron chi connectivity index (χ2n) is 7.02. The first-order valence-corrected chi connectivity index (χ1v) is 10.6. The average Bonchev–Trinajstić information content (AvgIpc) is 3.07. The summed E-state index contributed by atoms with van der Waals surface area (Å²) >= 11 is 3.41. The van der Waals surface area contributed by atoms with Crippen LogP contribution in [0.25, 0.3) is 6.08 Å². The van der Waals surface area contributed by atoms with Crippen molar-refractivity contribution in [3.8, 4) is 11.5 Å². The summed E-state index contributed by atoms with van der Waals surface area (Å²) in [7, 11) is 1.60. The fraction of sp³-hybridized carbons (Fsp3) is 0.120. The molecular weight excluding hydrogens is 456 g/mol. The molecule has 0 aromatic heterocycles. The smallest absolute Gasteiger partial charge is 0.280 e. The number of halogens is 1. The molecule has 156 valence electrons. The quantitative estimate of drug-likeness (QED) is 0.419. The third-order valence-electron chi connectivity index (χ3n) is 4.87. The van der Waals surface area contributed by atoms with Gasteiger partial charge in [0, 0.05) is 4.47 Å². The lowest BCUT2D eigenvalue weighted by atomic mass is 10.1. The molecule has 5 nitrogen and oxygen atoms in total. The van der Waals surface area contributed by atoms with Crippen LogP contribution in [0.2, 0.25) is 0 Å². The minimum Gasteiger partial charge on any atom is -0.493 e. The molecule has 6 heteroatoms. The molecule has 3 aromatic carbocycles. The fourth-order valence-corrected chi connectivity index (χ4v) is 3.50. The third kappa shape index (κ3) is 4.70. The average molecular weight is 477 g/mol. The van der Waals surface area contributed by atoms with Gasteiger partial charge in [0.2, 0.25) is 0 Å². The zero-order valence-corrected chi connectivity index (χ0v) is 18.8. The molecule has 3 aromatic rings. The van der Waals surface area contributed by atoms with Gasteiger partial charge in [-0.1, -0.05) is 52.3 Å². The van der Waals surface area contributed by atoms with Crippen LogP contribution >= 0.6 is 15.9 Å². The van der Waals surface area contributed by atoms with Crippen molar-refractivity contribution in [2.45, 2.75) is 13.5 Å². The van der Waals surface area contributed by atoms with Gasteiger partial charge in [0.15, 0.2) is 11.5 Å². The van der Waals surface area contributed by atoms with E-state index in [0.29, 0.717) is 29.4 Å². The first-order valence-electron chi connectivity index (χ1n) is 9.77. The number of nitrogens with zero attached hydrogens (tertiary/aromatic N) is 2. The normalized spacial score (nSPS) is 14.7. The Balaban J connectivity index is 1.54. The van der Waals surface area contributed by atoms with Crippen LogP contribution in [0.4, 0.5) is 5.69 Å². The zero-order valence-electron chi connectivity index (χ0n) is 17.2. The number of ether oxygens (including phenoxy) is 2. The van der Waals surface area contributed by atoms with E-state index in [4.69, 9.17) is 9.47 Å². The predicted octanol–water partition coefficient (Wildman–Crippen LogP) is 5.84. The van der Waals surface area contributed by atoms with E-state index in [1.165, 1.54) is 5.01 Å². The number of amides is 1. The van der Waals surface area contributed by atoms with Crippen LogP contribution in [0.15, 0.2) is 87.9 Å². The molecule has 0 saturated carbocycles. The van der Waals surface area contributed by atoms with Crippen LogP contribution in [-0.2, 0) is 11.4 Å². The van der Waals surface area contributed by atoms with E-state index in [-0.39, 0.29) is 5.91 Å². The number of hydrazone groups is 1. The fourth-order valence-electron chi connectivity index (χ4n) is 3.24. The Morgan fingerprint density at radius 3 is 2.45 bits per heavy atom. The topological polar surface area (TPSA) is 51.1 Å². The van der Waals surface area contributed by atoms with Crippen LogP contribution in [0.3, 0.4) is 0 Å². The van der Waals surface area contributed by atoms with E-state index < -0.39 is 0 Å². The Morgan fingerprint density at radius 1 is 1.00 bits per heavy atom. The van der Waals surface area contributed by atoms with Gasteiger partial charge in [0.25, 0.3) is 5.91 Å². The van der Waals surface area contributed by atoms with Crippen molar-refractivity contribution >= 4 is 39.3 Å². The SMILES string of the molecule is COc1cc(/C=C2/C(=O)N(c3ccc(Br)cc3)N=C2C)ccc1OCc1ccccc1. The summed E-state index contributed by atoms with van der Waals surface area (Å²) in [5.41, 5.74) is 3.84. The van der Waals surface area contributed by atoms with Crippen molar-refractivity contribution < 1.29 is 14.3 Å². The number of carbonyl (C=O) groups excluding carboxylic acids is 1. The highest BCUT2D eigenvalue weighted by atomic mass is 79.9. The van der Waals surface area contributed by atoms with Gasteiger partial charge in [0.05, 0.1) is 24.1 Å². The van der Waals surface area contributed by atoms with E-state index in [1.807, 2.05) is 85.8 Å². The highest BCUT2D eigenvalue weighted by molar-refractivity contribution is 9.10. The number of rotatable bonds is 6. The Morgan fingerprint density at radius 2 is 1.74 bits per heavy atom. The van der Waals surface area contributed by atoms with Gasteiger partial charge in [-0.15, -0.1) is 0 Å². The van der Waals surface area contributed by atoms with Gasteiger partial charge in [-0.25, -0.2) is 0 Å². The van der Waals surface area contributed by atoms with E-state index in [0.717, 1.165) is 21.3 Å². The van der Waals surface area contributed by atoms with Crippen LogP contribution < -0.4 is 14.5 Å². The first kappa shape index (κ1) is 20.9. The predicted molar refractivity (Wildman–Crippen MR) is 126 cm³/mol. The molecule has 0 N–H and O–H groups in total. The number of carbonyl (C=O) groups is 1. The van der Waals surface area contributed by atoms with Crippen molar-refractivity contribution in [1.82, 2.24) is 0 Å². The first-order chi connectivity index (χ1) is 15.0. The Kier molecular flexibility index (Phi) is 6.18. The van der Waals surface area contributed by atoms with E-state index in [9.17, 15) is 4.79 Å². The summed E-state index contributed by atoms with van der Waals surface area (Å²) < 4.78 is 12.4. The molecule has 0 bridgehead atoms. The van der Waals surface area contributed by atoms with Gasteiger partial charge in [-0.05, 0) is 60.5 Å². The molecular formula is C25H21BrN2O3. The molecule has 0 unspecified atom stereocenters. The molecule has 0 aliphatic carbocycles. The van der Waals surface area contributed by atoms with Gasteiger partial charge in [0.1, 0.15) is 6.61 Å². The van der Waals surface area contributed by atoms with Gasteiger partial charge in [-0.3, -0.25) is 4.79 Å². The largest absolute Gasteiger partial charge is 0.493 e. The second-order valence-corrected chi connectivity index (χ2v) is 7.94. The maximum atomic E-state index is 13.0. The molecule has 1 aliphatic heterocycles. The maximum absolute atomic E-state index is 13.0. The van der Waals surface area contributed by atoms with E-state index >= 15 is 0 Å². The minimum atomic E-state index is -0.164. The molecule has 1 amide bonds. The summed E-state index contributed by atoms with van der Waals surface area (Å²) in [6, 6.07) is 23.0. The van der Waals surface area contributed by atoms with Crippen molar-refractivity contribution in [3.05, 3.63) is 94.0 Å². The van der Waals surface area contributed by atoms with Crippen LogP contribution in [0.5, 0.6) is 11.5 Å². The number of hydrogen-bond donors (Lipinski definition) is 0. The number of hydrogen-bond acceptors (Lipinski definition) is 4. The summed E-state index contributed by atoms with van der Waals surface area (Å²) in [5, 5.41) is 5.85. The van der Waals surface area contributed by atoms with E-state index in [1.54, 1.807) is 7.11 Å². The summed E-state index contributed by atoms with van der Waals surface area (Å²) in [4.78, 5) is 13.0. The third-order valence-corrected chi connectivity index (χ3v) is 5.40. The Bertz CT molecular complexity index is 1160. The summed E-state index contributed by atoms with van der Waals surface area (Å²) in [6.45, 7) is 2.28. The van der Waals surface area contributed by atoms with Gasteiger partial charge >= 0.3 is 0 Å². The molecule has 0 spiro atoms. The van der Waals surface area contributed by atoms with Crippen molar-refractivity contribution in [3.63, 3.8) is 0 Å². The lowest BCUT2D eigenvalue weighted by Gasteiger charge is -2.12. The highest BCUT2D eigenvalue weighted by Crippen LogP contribution is 2.31. The van der Waals surface area contributed by atoms with E-state index in [2.05, 4.69) is 21.0 Å². The monoisotopic (exact) mass is 476 g/mol. The van der Waals surface area contributed by atoms with Gasteiger partial charge < -0.3 is 9.47 Å². The van der Waals surface area contributed by atoms with Crippen LogP contribution in [0, 0.1) is 0 Å². The summed E-state index contributed by atoms with van der Waals surface area (Å²) in [5.74, 6) is 1.09. The zero-order chi connectivity index (χ0) is 21.8. The van der Waals surface area contributed by atoms with Crippen molar-refractivity contribution in [2.75, 3.05) is 12.1 Å². The molecule has 31 heavy (non-hydrogen) atoms. The Hall–Kier alpha value is -3.38. The standard InChI is InChI=1S/C25H21BrN2O3/c1-17-22(25(29)28(27-17)21-11-9-20(26)10-12-21)14-19-8-13-23(24(15-19)30-2)31-16-18-6-4-3-5-7-18/h3-15H,16H2,1-2H3/b22-14+. The summed E-state index contributed by atoms with van der Waals surface area (Å²) in [6.07, 6.45) is 1.82. The van der Waals surface area contributed by atoms with Crippen LogP contribution in [0.1, 0.15) is 18.1 Å². The lowest BCUT2D eigenvalue weighted by molar-refractivity contribution is -0.114. The van der Waals surface area contributed by atoms with Crippen LogP contribution in [-0.4, -0.2) is 18.7 Å². The molecule has 0 fully saturated rings. The molecule has 1 heterocycles. The second kappa shape index (κ2) is 9.18. The Labute approximate surface area is 189 Å². The number of methoxy groups -OCH3 is 1. The molecule has 0 atom stereocenters. The van der Waals surface area contributed by atoms with Crippen molar-refractivity contribution in [2.24, 2.45) is 5.10 Å². The lowest BCUT2D eigenvalue weighted by Crippen LogP contribution is -2.21. The molecule has 0 saturated heterocycles. The highest BCUT2D eigenvalue weighted by Gasteiger charge is 2.28. The number of anilines is 1. The van der Waals surface area contributed by atoms with Crippen molar-refractivity contribution in [1.29, 1.82) is 0 Å². The molecule has 0 radical (unpaired) electrons. The molecule has 4 rings (SSSR count). The minimum absolute atomic E-state index is 0.164. The molecule has 1 aliphatic rings. The number of benzene rings is 3. The van der Waals surface area contributed by atoms with Gasteiger partial charge in [-0.2, -0.15) is 10.1 Å².